The van der Waals surface area contributed by atoms with Crippen LogP contribution in [0.25, 0.3) is 0 Å². The van der Waals surface area contributed by atoms with E-state index in [1.807, 2.05) is 0 Å². The van der Waals surface area contributed by atoms with Crippen LogP contribution in [-0.2, 0) is 19.3 Å². The van der Waals surface area contributed by atoms with Crippen molar-refractivity contribution >= 4 is 11.3 Å². The molecular weight excluding hydrogens is 264 g/mol. The molecule has 1 aromatic heterocycles. The Morgan fingerprint density at radius 2 is 1.65 bits per heavy atom. The fraction of sp³-hybridized carbons (Fsp3) is 0.444. The molecule has 0 spiro atoms. The van der Waals surface area contributed by atoms with Crippen LogP contribution >= 0.6 is 11.3 Å². The van der Waals surface area contributed by atoms with Gasteiger partial charge in [0.15, 0.2) is 0 Å². The molecule has 0 aliphatic heterocycles. The number of fused-ring (bicyclic) bond motifs is 3. The highest BCUT2D eigenvalue weighted by Crippen LogP contribution is 2.48. The van der Waals surface area contributed by atoms with Crippen LogP contribution in [0.1, 0.15) is 28.8 Å². The van der Waals surface area contributed by atoms with Crippen molar-refractivity contribution in [2.45, 2.75) is 37.7 Å². The van der Waals surface area contributed by atoms with E-state index in [-0.39, 0.29) is 0 Å². The Labute approximate surface area is 124 Å². The molecule has 2 unspecified atom stereocenters. The zero-order chi connectivity index (χ0) is 13.6. The second kappa shape index (κ2) is 4.71. The van der Waals surface area contributed by atoms with Crippen molar-refractivity contribution in [1.82, 2.24) is 0 Å². The first kappa shape index (κ1) is 12.6. The van der Waals surface area contributed by atoms with E-state index in [0.29, 0.717) is 11.8 Å². The van der Waals surface area contributed by atoms with E-state index < -0.39 is 5.60 Å². The first-order valence-corrected chi connectivity index (χ1v) is 8.45. The highest BCUT2D eigenvalue weighted by molar-refractivity contribution is 7.09. The van der Waals surface area contributed by atoms with Crippen LogP contribution in [-0.4, -0.2) is 10.7 Å². The first-order valence-electron chi connectivity index (χ1n) is 7.57. The molecule has 104 valence electrons. The smallest absolute Gasteiger partial charge is 0.0758 e. The lowest BCUT2D eigenvalue weighted by molar-refractivity contribution is -0.0323. The standard InChI is InChI=1S/C18H20OS/c19-18(12-17-6-3-9-20-17)15-7-8-16(18)11-14-5-2-1-4-13(14)10-15/h1-6,9,15-16,19H,7-8,10-12H2. The predicted octanol–water partition coefficient (Wildman–Crippen LogP) is 3.85. The fourth-order valence-electron chi connectivity index (χ4n) is 4.26. The minimum Gasteiger partial charge on any atom is -0.389 e. The van der Waals surface area contributed by atoms with Gasteiger partial charge >= 0.3 is 0 Å². The zero-order valence-corrected chi connectivity index (χ0v) is 12.4. The Bertz CT molecular complexity index is 569. The minimum absolute atomic E-state index is 0.429. The quantitative estimate of drug-likeness (QED) is 0.888. The average molecular weight is 284 g/mol. The van der Waals surface area contributed by atoms with Gasteiger partial charge < -0.3 is 5.11 Å². The van der Waals surface area contributed by atoms with Gasteiger partial charge in [0.2, 0.25) is 0 Å². The van der Waals surface area contributed by atoms with Crippen molar-refractivity contribution < 1.29 is 5.11 Å². The van der Waals surface area contributed by atoms with E-state index in [2.05, 4.69) is 41.8 Å². The third-order valence-corrected chi connectivity index (χ3v) is 6.24. The van der Waals surface area contributed by atoms with Gasteiger partial charge in [-0.1, -0.05) is 30.3 Å². The van der Waals surface area contributed by atoms with Crippen molar-refractivity contribution in [2.24, 2.45) is 11.8 Å². The third kappa shape index (κ3) is 1.94. The summed E-state index contributed by atoms with van der Waals surface area (Å²) in [5.74, 6) is 0.858. The molecule has 0 saturated heterocycles. The van der Waals surface area contributed by atoms with Gasteiger partial charge in [-0.25, -0.2) is 0 Å². The van der Waals surface area contributed by atoms with E-state index in [1.165, 1.54) is 28.8 Å². The molecule has 1 saturated carbocycles. The van der Waals surface area contributed by atoms with Crippen molar-refractivity contribution in [3.8, 4) is 0 Å². The maximum atomic E-state index is 11.4. The Balaban J connectivity index is 1.69. The van der Waals surface area contributed by atoms with Crippen LogP contribution in [0, 0.1) is 11.8 Å². The lowest BCUT2D eigenvalue weighted by Gasteiger charge is -2.33. The molecule has 0 radical (unpaired) electrons. The molecule has 0 amide bonds. The lowest BCUT2D eigenvalue weighted by Crippen LogP contribution is -2.42. The molecule has 2 heteroatoms. The number of thiophene rings is 1. The highest BCUT2D eigenvalue weighted by atomic mass is 32.1. The normalized spacial score (nSPS) is 31.9. The van der Waals surface area contributed by atoms with Crippen molar-refractivity contribution in [3.05, 3.63) is 57.8 Å². The van der Waals surface area contributed by atoms with Crippen molar-refractivity contribution in [3.63, 3.8) is 0 Å². The van der Waals surface area contributed by atoms with E-state index >= 15 is 0 Å². The summed E-state index contributed by atoms with van der Waals surface area (Å²) in [6.45, 7) is 0. The second-order valence-electron chi connectivity index (χ2n) is 6.40. The summed E-state index contributed by atoms with van der Waals surface area (Å²) in [5.41, 5.74) is 2.43. The molecule has 1 aromatic carbocycles. The molecule has 20 heavy (non-hydrogen) atoms. The maximum absolute atomic E-state index is 11.4. The van der Waals surface area contributed by atoms with Gasteiger partial charge in [0.25, 0.3) is 0 Å². The van der Waals surface area contributed by atoms with Gasteiger partial charge in [-0.05, 0) is 60.1 Å². The van der Waals surface area contributed by atoms with Crippen LogP contribution < -0.4 is 0 Å². The van der Waals surface area contributed by atoms with Crippen LogP contribution in [0.2, 0.25) is 0 Å². The molecule has 1 heterocycles. The molecule has 1 fully saturated rings. The van der Waals surface area contributed by atoms with E-state index in [1.54, 1.807) is 11.3 Å². The SMILES string of the molecule is OC1(Cc2cccs2)C2CCC1Cc1ccccc1C2. The predicted molar refractivity (Wildman–Crippen MR) is 83.0 cm³/mol. The van der Waals surface area contributed by atoms with Crippen LogP contribution in [0.15, 0.2) is 41.8 Å². The molecule has 2 aliphatic rings. The number of aliphatic hydroxyl groups is 1. The lowest BCUT2D eigenvalue weighted by atomic mass is 9.79. The summed E-state index contributed by atoms with van der Waals surface area (Å²) < 4.78 is 0. The van der Waals surface area contributed by atoms with Gasteiger partial charge in [0.05, 0.1) is 5.60 Å². The van der Waals surface area contributed by atoms with Crippen LogP contribution in [0.5, 0.6) is 0 Å². The number of hydrogen-bond acceptors (Lipinski definition) is 2. The fourth-order valence-corrected chi connectivity index (χ4v) is 5.06. The number of hydrogen-bond donors (Lipinski definition) is 1. The largest absolute Gasteiger partial charge is 0.389 e. The van der Waals surface area contributed by atoms with E-state index in [4.69, 9.17) is 0 Å². The summed E-state index contributed by atoms with van der Waals surface area (Å²) in [6, 6.07) is 13.0. The van der Waals surface area contributed by atoms with Crippen LogP contribution in [0.4, 0.5) is 0 Å². The molecule has 2 bridgehead atoms. The summed E-state index contributed by atoms with van der Waals surface area (Å²) in [4.78, 5) is 1.33. The highest BCUT2D eigenvalue weighted by Gasteiger charge is 2.50. The van der Waals surface area contributed by atoms with Gasteiger partial charge in [0, 0.05) is 11.3 Å². The van der Waals surface area contributed by atoms with Crippen molar-refractivity contribution in [1.29, 1.82) is 0 Å². The summed E-state index contributed by atoms with van der Waals surface area (Å²) >= 11 is 1.78. The Kier molecular flexibility index (Phi) is 2.97. The Hall–Kier alpha value is -1.12. The minimum atomic E-state index is -0.496. The summed E-state index contributed by atoms with van der Waals surface area (Å²) in [6.07, 6.45) is 5.30. The monoisotopic (exact) mass is 284 g/mol. The first-order chi connectivity index (χ1) is 9.75. The Morgan fingerprint density at radius 3 is 2.20 bits per heavy atom. The third-order valence-electron chi connectivity index (χ3n) is 5.37. The molecule has 1 nitrogen and oxygen atoms in total. The average Bonchev–Trinajstić information content (AvgIpc) is 2.98. The van der Waals surface area contributed by atoms with Gasteiger partial charge in [-0.3, -0.25) is 0 Å². The summed E-state index contributed by atoms with van der Waals surface area (Å²) in [5, 5.41) is 13.5. The number of rotatable bonds is 2. The molecule has 2 aliphatic carbocycles. The maximum Gasteiger partial charge on any atom is 0.0758 e. The van der Waals surface area contributed by atoms with Crippen molar-refractivity contribution in [2.75, 3.05) is 0 Å². The molecule has 4 rings (SSSR count). The topological polar surface area (TPSA) is 20.2 Å². The van der Waals surface area contributed by atoms with Crippen LogP contribution in [0.3, 0.4) is 0 Å². The van der Waals surface area contributed by atoms with Gasteiger partial charge in [-0.15, -0.1) is 11.3 Å². The molecule has 2 aromatic rings. The molecular formula is C18H20OS. The van der Waals surface area contributed by atoms with E-state index in [9.17, 15) is 5.11 Å². The zero-order valence-electron chi connectivity index (χ0n) is 11.6. The van der Waals surface area contributed by atoms with Gasteiger partial charge in [-0.2, -0.15) is 0 Å². The van der Waals surface area contributed by atoms with E-state index in [0.717, 1.165) is 19.3 Å². The summed E-state index contributed by atoms with van der Waals surface area (Å²) in [7, 11) is 0. The van der Waals surface area contributed by atoms with Gasteiger partial charge in [0.1, 0.15) is 0 Å². The second-order valence-corrected chi connectivity index (χ2v) is 7.43. The Morgan fingerprint density at radius 1 is 1.00 bits per heavy atom. The molecule has 1 N–H and O–H groups in total. The number of benzene rings is 1. The molecule has 2 atom stereocenters.